The average molecular weight is 689 g/mol. The Kier molecular flexibility index (Phi) is 6.82. The lowest BCUT2D eigenvalue weighted by molar-refractivity contribution is 1.17. The number of rotatable bonds is 5. The first-order chi connectivity index (χ1) is 26.8. The molecule has 8 aromatic carbocycles. The Labute approximate surface area is 311 Å². The van der Waals surface area contributed by atoms with Gasteiger partial charge in [-0.2, -0.15) is 0 Å². The van der Waals surface area contributed by atoms with Crippen LogP contribution in [0.4, 0.5) is 0 Å². The highest BCUT2D eigenvalue weighted by Gasteiger charge is 2.21. The summed E-state index contributed by atoms with van der Waals surface area (Å²) in [5, 5.41) is 7.27. The van der Waals surface area contributed by atoms with Gasteiger partial charge in [0, 0.05) is 49.6 Å². The lowest BCUT2D eigenvalue weighted by atomic mass is 10.0. The molecule has 3 aromatic heterocycles. The first-order valence-electron chi connectivity index (χ1n) is 18.3. The van der Waals surface area contributed by atoms with E-state index in [4.69, 9.17) is 9.97 Å². The van der Waals surface area contributed by atoms with Crippen LogP contribution >= 0.6 is 0 Å². The molecular weight excluding hydrogens is 657 g/mol. The maximum Gasteiger partial charge on any atom is 0.160 e. The van der Waals surface area contributed by atoms with E-state index in [9.17, 15) is 0 Å². The Morgan fingerprint density at radius 3 is 1.50 bits per heavy atom. The summed E-state index contributed by atoms with van der Waals surface area (Å²) in [7, 11) is 0. The van der Waals surface area contributed by atoms with Crippen LogP contribution < -0.4 is 0 Å². The van der Waals surface area contributed by atoms with E-state index in [0.717, 1.165) is 45.0 Å². The van der Waals surface area contributed by atoms with Gasteiger partial charge in [0.15, 0.2) is 5.82 Å². The fourth-order valence-electron chi connectivity index (χ4n) is 8.25. The molecule has 0 aliphatic rings. The third-order valence-corrected chi connectivity index (χ3v) is 10.7. The molecule has 0 amide bonds. The smallest absolute Gasteiger partial charge is 0.160 e. The second-order valence-corrected chi connectivity index (χ2v) is 13.8. The SMILES string of the molecule is c1ccc(-c2nc(-c3ccc4ccccc4c3)cc(-c3ccc4c(c3)c3c5c6ccccc6n(-c6ccccc6)c5ccc3n4-c3ccccc3)n2)cc1. The van der Waals surface area contributed by atoms with Gasteiger partial charge in [-0.05, 0) is 77.5 Å². The van der Waals surface area contributed by atoms with E-state index < -0.39 is 0 Å². The minimum atomic E-state index is 0.705. The van der Waals surface area contributed by atoms with Gasteiger partial charge in [-0.1, -0.05) is 127 Å². The summed E-state index contributed by atoms with van der Waals surface area (Å²) in [6.45, 7) is 0. The standard InChI is InChI=1S/C50H32N4/c1-4-15-34(16-5-1)50-51-42(36-25-24-33-14-10-11-17-35(33)30-36)32-43(52-50)37-26-27-45-41(31-37)49-47(54(45)39-20-8-3-9-21-39)29-28-46-48(49)40-22-12-13-23-44(40)53(46)38-18-6-2-7-19-38/h1-32H. The average Bonchev–Trinajstić information content (AvgIpc) is 3.76. The van der Waals surface area contributed by atoms with Gasteiger partial charge in [0.25, 0.3) is 0 Å². The molecule has 3 heterocycles. The number of para-hydroxylation sites is 3. The summed E-state index contributed by atoms with van der Waals surface area (Å²) in [4.78, 5) is 10.4. The van der Waals surface area contributed by atoms with Crippen molar-refractivity contribution in [2.24, 2.45) is 0 Å². The maximum atomic E-state index is 5.25. The van der Waals surface area contributed by atoms with Crippen molar-refractivity contribution < 1.29 is 0 Å². The largest absolute Gasteiger partial charge is 0.309 e. The molecule has 0 saturated carbocycles. The van der Waals surface area contributed by atoms with Crippen LogP contribution in [0.2, 0.25) is 0 Å². The molecule has 0 N–H and O–H groups in total. The molecule has 252 valence electrons. The van der Waals surface area contributed by atoms with E-state index in [0.29, 0.717) is 5.82 Å². The van der Waals surface area contributed by atoms with Crippen LogP contribution in [0, 0.1) is 0 Å². The maximum absolute atomic E-state index is 5.25. The minimum Gasteiger partial charge on any atom is -0.309 e. The van der Waals surface area contributed by atoms with Crippen LogP contribution in [0.1, 0.15) is 0 Å². The van der Waals surface area contributed by atoms with Crippen molar-refractivity contribution in [1.29, 1.82) is 0 Å². The zero-order chi connectivity index (χ0) is 35.6. The Balaban J connectivity index is 1.22. The summed E-state index contributed by atoms with van der Waals surface area (Å²) < 4.78 is 4.80. The van der Waals surface area contributed by atoms with E-state index >= 15 is 0 Å². The van der Waals surface area contributed by atoms with E-state index in [2.05, 4.69) is 185 Å². The molecule has 4 heteroatoms. The van der Waals surface area contributed by atoms with E-state index in [-0.39, 0.29) is 0 Å². The molecule has 0 aliphatic heterocycles. The van der Waals surface area contributed by atoms with Crippen LogP contribution in [0.25, 0.3) is 99.7 Å². The molecular formula is C50H32N4. The summed E-state index contributed by atoms with van der Waals surface area (Å²) in [5.74, 6) is 0.705. The molecule has 0 aliphatic carbocycles. The predicted octanol–water partition coefficient (Wildman–Crippen LogP) is 12.8. The third-order valence-electron chi connectivity index (χ3n) is 10.7. The lowest BCUT2D eigenvalue weighted by Gasteiger charge is -2.11. The van der Waals surface area contributed by atoms with E-state index in [1.807, 2.05) is 18.2 Å². The van der Waals surface area contributed by atoms with Crippen LogP contribution in [0.15, 0.2) is 194 Å². The van der Waals surface area contributed by atoms with Crippen LogP contribution in [-0.4, -0.2) is 19.1 Å². The van der Waals surface area contributed by atoms with E-state index in [1.165, 1.54) is 48.9 Å². The van der Waals surface area contributed by atoms with Crippen LogP contribution in [-0.2, 0) is 0 Å². The van der Waals surface area contributed by atoms with Crippen LogP contribution in [0.5, 0.6) is 0 Å². The Morgan fingerprint density at radius 1 is 0.315 bits per heavy atom. The number of benzene rings is 8. The fourth-order valence-corrected chi connectivity index (χ4v) is 8.25. The summed E-state index contributed by atoms with van der Waals surface area (Å²) >= 11 is 0. The predicted molar refractivity (Wildman–Crippen MR) is 225 cm³/mol. The van der Waals surface area contributed by atoms with Crippen molar-refractivity contribution in [2.45, 2.75) is 0 Å². The topological polar surface area (TPSA) is 35.6 Å². The quantitative estimate of drug-likeness (QED) is 0.180. The van der Waals surface area contributed by atoms with Crippen molar-refractivity contribution in [3.8, 4) is 45.3 Å². The fraction of sp³-hybridized carbons (Fsp3) is 0. The van der Waals surface area contributed by atoms with Gasteiger partial charge >= 0.3 is 0 Å². The first kappa shape index (κ1) is 30.3. The second-order valence-electron chi connectivity index (χ2n) is 13.8. The van der Waals surface area contributed by atoms with Crippen molar-refractivity contribution in [3.05, 3.63) is 194 Å². The monoisotopic (exact) mass is 688 g/mol. The Morgan fingerprint density at radius 2 is 0.815 bits per heavy atom. The third kappa shape index (κ3) is 4.78. The normalized spacial score (nSPS) is 11.7. The molecule has 4 nitrogen and oxygen atoms in total. The zero-order valence-corrected chi connectivity index (χ0v) is 29.3. The second kappa shape index (κ2) is 12.1. The highest BCUT2D eigenvalue weighted by atomic mass is 15.0. The first-order valence-corrected chi connectivity index (χ1v) is 18.3. The summed E-state index contributed by atoms with van der Waals surface area (Å²) in [6, 6.07) is 69.0. The van der Waals surface area contributed by atoms with Gasteiger partial charge in [-0.15, -0.1) is 0 Å². The van der Waals surface area contributed by atoms with E-state index in [1.54, 1.807) is 0 Å². The molecule has 0 saturated heterocycles. The minimum absolute atomic E-state index is 0.705. The number of fused-ring (bicyclic) bond motifs is 8. The van der Waals surface area contributed by atoms with Gasteiger partial charge in [0.05, 0.1) is 33.5 Å². The molecule has 11 aromatic rings. The Hall–Kier alpha value is -7.30. The molecule has 0 unspecified atom stereocenters. The van der Waals surface area contributed by atoms with Gasteiger partial charge in [0.2, 0.25) is 0 Å². The van der Waals surface area contributed by atoms with Gasteiger partial charge in [0.1, 0.15) is 0 Å². The number of hydrogen-bond acceptors (Lipinski definition) is 2. The molecule has 0 bridgehead atoms. The molecule has 11 rings (SSSR count). The summed E-state index contributed by atoms with van der Waals surface area (Å²) in [5.41, 5.74) is 11.8. The van der Waals surface area contributed by atoms with Gasteiger partial charge < -0.3 is 9.13 Å². The zero-order valence-electron chi connectivity index (χ0n) is 29.3. The number of nitrogens with zero attached hydrogens (tertiary/aromatic N) is 4. The number of aromatic nitrogens is 4. The molecule has 54 heavy (non-hydrogen) atoms. The van der Waals surface area contributed by atoms with Crippen LogP contribution in [0.3, 0.4) is 0 Å². The molecule has 0 radical (unpaired) electrons. The lowest BCUT2D eigenvalue weighted by Crippen LogP contribution is -1.96. The molecule has 0 spiro atoms. The van der Waals surface area contributed by atoms with Crippen molar-refractivity contribution in [1.82, 2.24) is 19.1 Å². The molecule has 0 fully saturated rings. The van der Waals surface area contributed by atoms with Gasteiger partial charge in [-0.25, -0.2) is 9.97 Å². The molecule has 0 atom stereocenters. The summed E-state index contributed by atoms with van der Waals surface area (Å²) in [6.07, 6.45) is 0. The highest BCUT2D eigenvalue weighted by Crippen LogP contribution is 2.43. The van der Waals surface area contributed by atoms with Crippen molar-refractivity contribution >= 4 is 54.4 Å². The number of hydrogen-bond donors (Lipinski definition) is 0. The van der Waals surface area contributed by atoms with Crippen molar-refractivity contribution in [2.75, 3.05) is 0 Å². The van der Waals surface area contributed by atoms with Crippen molar-refractivity contribution in [3.63, 3.8) is 0 Å². The van der Waals surface area contributed by atoms with Gasteiger partial charge in [-0.3, -0.25) is 0 Å². The highest BCUT2D eigenvalue weighted by molar-refractivity contribution is 6.29. The Bertz CT molecular complexity index is 3200.